The van der Waals surface area contributed by atoms with E-state index in [4.69, 9.17) is 9.47 Å². The fraction of sp³-hybridized carbons (Fsp3) is 1.00. The molecular formula is C23H46N4O2. The van der Waals surface area contributed by atoms with E-state index in [9.17, 15) is 0 Å². The highest BCUT2D eigenvalue weighted by molar-refractivity contribution is 4.87. The summed E-state index contributed by atoms with van der Waals surface area (Å²) in [6.07, 6.45) is 11.2. The van der Waals surface area contributed by atoms with Crippen LogP contribution in [0.2, 0.25) is 0 Å². The Morgan fingerprint density at radius 1 is 0.828 bits per heavy atom. The van der Waals surface area contributed by atoms with E-state index in [2.05, 4.69) is 41.7 Å². The molecule has 170 valence electrons. The summed E-state index contributed by atoms with van der Waals surface area (Å²) in [7, 11) is 2.16. The molecule has 0 bridgehead atoms. The predicted molar refractivity (Wildman–Crippen MR) is 119 cm³/mol. The minimum atomic E-state index is 0.270. The highest BCUT2D eigenvalue weighted by atomic mass is 16.5. The molecule has 0 aromatic rings. The summed E-state index contributed by atoms with van der Waals surface area (Å²) in [6, 6.07) is 0.608. The number of ether oxygens (including phenoxy) is 2. The third kappa shape index (κ3) is 7.75. The van der Waals surface area contributed by atoms with Crippen molar-refractivity contribution in [1.82, 2.24) is 20.9 Å². The quantitative estimate of drug-likeness (QED) is 0.515. The normalized spacial score (nSPS) is 36.4. The van der Waals surface area contributed by atoms with E-state index in [1.54, 1.807) is 0 Å². The zero-order valence-corrected chi connectivity index (χ0v) is 19.1. The summed E-state index contributed by atoms with van der Waals surface area (Å²) in [5, 5.41) is 11.3. The lowest BCUT2D eigenvalue weighted by atomic mass is 9.78. The van der Waals surface area contributed by atoms with Crippen LogP contribution in [-0.2, 0) is 9.47 Å². The smallest absolute Gasteiger partial charge is 0.112 e. The Balaban J connectivity index is 1.26. The number of rotatable bonds is 10. The monoisotopic (exact) mass is 410 g/mol. The Labute approximate surface area is 178 Å². The van der Waals surface area contributed by atoms with Gasteiger partial charge in [0.05, 0.1) is 18.8 Å². The Morgan fingerprint density at radius 3 is 2.07 bits per heavy atom. The molecule has 6 nitrogen and oxygen atoms in total. The molecule has 0 aromatic heterocycles. The van der Waals surface area contributed by atoms with Gasteiger partial charge in [-0.1, -0.05) is 6.92 Å². The van der Waals surface area contributed by atoms with Crippen LogP contribution in [0.4, 0.5) is 0 Å². The fourth-order valence-corrected chi connectivity index (χ4v) is 5.26. The van der Waals surface area contributed by atoms with Crippen molar-refractivity contribution in [1.29, 1.82) is 0 Å². The maximum Gasteiger partial charge on any atom is 0.112 e. The lowest BCUT2D eigenvalue weighted by Gasteiger charge is -2.40. The average Bonchev–Trinajstić information content (AvgIpc) is 2.76. The summed E-state index contributed by atoms with van der Waals surface area (Å²) in [6.45, 7) is 10.4. The van der Waals surface area contributed by atoms with Crippen LogP contribution in [-0.4, -0.2) is 75.9 Å². The van der Waals surface area contributed by atoms with Crippen molar-refractivity contribution < 1.29 is 9.47 Å². The molecule has 0 amide bonds. The highest BCUT2D eigenvalue weighted by Gasteiger charge is 2.31. The van der Waals surface area contributed by atoms with Gasteiger partial charge in [-0.2, -0.15) is 0 Å². The van der Waals surface area contributed by atoms with Crippen molar-refractivity contribution in [2.24, 2.45) is 11.8 Å². The lowest BCUT2D eigenvalue weighted by molar-refractivity contribution is 0.00976. The van der Waals surface area contributed by atoms with Gasteiger partial charge in [-0.25, -0.2) is 0 Å². The molecule has 0 spiro atoms. The number of nitrogens with one attached hydrogen (secondary N) is 3. The standard InChI is InChI=1S/C23H46N4O2/c1-4-27(3)14-15-29-22-12-8-20(9-13-22)26-23-24-16-19(17-25-23)18-6-10-21(11-7-18)28-5-2/h18-26H,4-17H2,1-3H3. The summed E-state index contributed by atoms with van der Waals surface area (Å²) < 4.78 is 11.9. The summed E-state index contributed by atoms with van der Waals surface area (Å²) in [4.78, 5) is 2.31. The largest absolute Gasteiger partial charge is 0.379 e. The van der Waals surface area contributed by atoms with Gasteiger partial charge in [0.25, 0.3) is 0 Å². The van der Waals surface area contributed by atoms with Crippen molar-refractivity contribution in [3.63, 3.8) is 0 Å². The van der Waals surface area contributed by atoms with Gasteiger partial charge < -0.3 is 14.4 Å². The van der Waals surface area contributed by atoms with Crippen LogP contribution >= 0.6 is 0 Å². The SMILES string of the molecule is CCOC1CCC(C2CNC(NC3CCC(OCCN(C)CC)CC3)NC2)CC1. The molecule has 0 radical (unpaired) electrons. The first-order chi connectivity index (χ1) is 14.2. The second-order valence-electron chi connectivity index (χ2n) is 9.41. The Morgan fingerprint density at radius 2 is 1.45 bits per heavy atom. The van der Waals surface area contributed by atoms with E-state index in [1.165, 1.54) is 51.4 Å². The molecule has 6 heteroatoms. The third-order valence-electron chi connectivity index (χ3n) is 7.40. The molecule has 3 rings (SSSR count). The molecule has 0 aromatic carbocycles. The summed E-state index contributed by atoms with van der Waals surface area (Å²) in [5.74, 6) is 1.62. The van der Waals surface area contributed by atoms with Gasteiger partial charge in [-0.15, -0.1) is 0 Å². The van der Waals surface area contributed by atoms with Crippen molar-refractivity contribution >= 4 is 0 Å². The lowest BCUT2D eigenvalue weighted by Crippen LogP contribution is -2.63. The number of hydrogen-bond donors (Lipinski definition) is 3. The van der Waals surface area contributed by atoms with Gasteiger partial charge in [0.15, 0.2) is 0 Å². The molecule has 3 aliphatic rings. The van der Waals surface area contributed by atoms with Gasteiger partial charge in [0.1, 0.15) is 6.29 Å². The average molecular weight is 411 g/mol. The van der Waals surface area contributed by atoms with E-state index in [1.807, 2.05) is 0 Å². The molecule has 29 heavy (non-hydrogen) atoms. The molecule has 1 aliphatic heterocycles. The number of nitrogens with zero attached hydrogens (tertiary/aromatic N) is 1. The van der Waals surface area contributed by atoms with Crippen molar-refractivity contribution in [3.05, 3.63) is 0 Å². The maximum absolute atomic E-state index is 6.09. The van der Waals surface area contributed by atoms with Crippen LogP contribution in [0.15, 0.2) is 0 Å². The van der Waals surface area contributed by atoms with E-state index in [-0.39, 0.29) is 6.29 Å². The van der Waals surface area contributed by atoms with Crippen molar-refractivity contribution in [2.45, 2.75) is 89.8 Å². The van der Waals surface area contributed by atoms with Crippen molar-refractivity contribution in [2.75, 3.05) is 46.4 Å². The Bertz CT molecular complexity index is 429. The molecular weight excluding hydrogens is 364 g/mol. The zero-order valence-electron chi connectivity index (χ0n) is 19.1. The van der Waals surface area contributed by atoms with Gasteiger partial charge >= 0.3 is 0 Å². The van der Waals surface area contributed by atoms with Crippen LogP contribution in [0.1, 0.15) is 65.2 Å². The van der Waals surface area contributed by atoms with Crippen LogP contribution < -0.4 is 16.0 Å². The molecule has 3 N–H and O–H groups in total. The Kier molecular flexibility index (Phi) is 10.2. The van der Waals surface area contributed by atoms with Gasteiger partial charge in [-0.05, 0) is 83.7 Å². The highest BCUT2D eigenvalue weighted by Crippen LogP contribution is 2.32. The van der Waals surface area contributed by atoms with E-state index in [0.717, 1.165) is 51.2 Å². The molecule has 2 aliphatic carbocycles. The van der Waals surface area contributed by atoms with Crippen LogP contribution in [0.3, 0.4) is 0 Å². The Hall–Kier alpha value is -0.240. The summed E-state index contributed by atoms with van der Waals surface area (Å²) in [5.41, 5.74) is 0. The second-order valence-corrected chi connectivity index (χ2v) is 9.41. The molecule has 2 saturated carbocycles. The molecule has 1 saturated heterocycles. The first-order valence-corrected chi connectivity index (χ1v) is 12.3. The first kappa shape index (κ1) is 23.4. The molecule has 3 fully saturated rings. The van der Waals surface area contributed by atoms with Gasteiger partial charge in [0, 0.05) is 32.3 Å². The minimum absolute atomic E-state index is 0.270. The molecule has 0 unspecified atom stereocenters. The fourth-order valence-electron chi connectivity index (χ4n) is 5.26. The van der Waals surface area contributed by atoms with E-state index < -0.39 is 0 Å². The number of hydrogen-bond acceptors (Lipinski definition) is 6. The minimum Gasteiger partial charge on any atom is -0.379 e. The van der Waals surface area contributed by atoms with Crippen LogP contribution in [0.25, 0.3) is 0 Å². The van der Waals surface area contributed by atoms with Gasteiger partial charge in [0.2, 0.25) is 0 Å². The summed E-state index contributed by atoms with van der Waals surface area (Å²) >= 11 is 0. The second kappa shape index (κ2) is 12.6. The maximum atomic E-state index is 6.09. The molecule has 1 heterocycles. The van der Waals surface area contributed by atoms with Crippen molar-refractivity contribution in [3.8, 4) is 0 Å². The van der Waals surface area contributed by atoms with Gasteiger partial charge in [-0.3, -0.25) is 16.0 Å². The van der Waals surface area contributed by atoms with Crippen LogP contribution in [0, 0.1) is 11.8 Å². The predicted octanol–water partition coefficient (Wildman–Crippen LogP) is 2.54. The van der Waals surface area contributed by atoms with E-state index >= 15 is 0 Å². The van der Waals surface area contributed by atoms with Crippen LogP contribution in [0.5, 0.6) is 0 Å². The molecule has 0 atom stereocenters. The first-order valence-electron chi connectivity index (χ1n) is 12.3. The topological polar surface area (TPSA) is 57.8 Å². The third-order valence-corrected chi connectivity index (χ3v) is 7.40. The zero-order chi connectivity index (χ0) is 20.5. The number of likely N-dealkylation sites (N-methyl/N-ethyl adjacent to an activating group) is 1. The van der Waals surface area contributed by atoms with E-state index in [0.29, 0.717) is 18.2 Å².